The quantitative estimate of drug-likeness (QED) is 0.189. The number of benzene rings is 2. The van der Waals surface area contributed by atoms with Crippen molar-refractivity contribution < 1.29 is 23.9 Å². The molecule has 1 aromatic heterocycles. The molecule has 5 rings (SSSR count). The van der Waals surface area contributed by atoms with Crippen LogP contribution < -0.4 is 10.3 Å². The number of β-lactam (4-membered cyclic amide) rings is 1. The van der Waals surface area contributed by atoms with Gasteiger partial charge in [0.15, 0.2) is 6.10 Å². The number of carbonyl (C=O) groups excluding carboxylic acids is 4. The first-order valence-corrected chi connectivity index (χ1v) is 14.6. The van der Waals surface area contributed by atoms with E-state index in [1.807, 2.05) is 78.2 Å². The summed E-state index contributed by atoms with van der Waals surface area (Å²) in [6.45, 7) is 2.77. The summed E-state index contributed by atoms with van der Waals surface area (Å²) in [5.74, 6) is -1.19. The Labute approximate surface area is 240 Å². The van der Waals surface area contributed by atoms with Gasteiger partial charge in [0.2, 0.25) is 17.7 Å². The van der Waals surface area contributed by atoms with Crippen LogP contribution in [0.2, 0.25) is 0 Å². The Bertz CT molecular complexity index is 1380. The van der Waals surface area contributed by atoms with E-state index in [2.05, 4.69) is 10.5 Å². The lowest BCUT2D eigenvalue weighted by atomic mass is 9.87. The second-order valence-electron chi connectivity index (χ2n) is 9.64. The topological polar surface area (TPSA) is 108 Å². The number of hydrogen-bond acceptors (Lipinski definition) is 8. The Morgan fingerprint density at radius 1 is 1.05 bits per heavy atom. The Hall–Kier alpha value is -3.96. The highest BCUT2D eigenvalue weighted by atomic mass is 32.2. The predicted molar refractivity (Wildman–Crippen MR) is 155 cm³/mol. The standard InChI is InChI=1S/C29H28N4O5S2/c1-19(34)31-30-16-29(28(37)38-25(21-10-5-3-6-11-21)22-12-7-4-8-13-22)17-32-26(36)24(27(32)40-18-29)33(20(2)35)23-14-9-15-39-23/h3-16,24-25,27H,17-18H2,1-2H3,(H,31,34)/t24?,27-,29?/m1/s1. The van der Waals surface area contributed by atoms with Crippen LogP contribution in [0.4, 0.5) is 5.00 Å². The summed E-state index contributed by atoms with van der Waals surface area (Å²) >= 11 is 2.78. The van der Waals surface area contributed by atoms with E-state index >= 15 is 0 Å². The number of carbonyl (C=O) groups is 4. The maximum atomic E-state index is 14.0. The van der Waals surface area contributed by atoms with Crippen LogP contribution in [0.3, 0.4) is 0 Å². The van der Waals surface area contributed by atoms with E-state index < -0.39 is 23.5 Å². The van der Waals surface area contributed by atoms with Crippen molar-refractivity contribution in [2.75, 3.05) is 17.2 Å². The van der Waals surface area contributed by atoms with Gasteiger partial charge in [-0.1, -0.05) is 60.7 Å². The van der Waals surface area contributed by atoms with E-state index in [-0.39, 0.29) is 35.4 Å². The molecule has 0 saturated carbocycles. The fourth-order valence-electron chi connectivity index (χ4n) is 4.88. The normalized spacial score (nSPS) is 22.0. The fourth-order valence-corrected chi connectivity index (χ4v) is 7.22. The average molecular weight is 577 g/mol. The van der Waals surface area contributed by atoms with Crippen molar-refractivity contribution in [3.63, 3.8) is 0 Å². The molecule has 206 valence electrons. The molecule has 1 N–H and O–H groups in total. The third kappa shape index (κ3) is 5.39. The smallest absolute Gasteiger partial charge is 0.321 e. The summed E-state index contributed by atoms with van der Waals surface area (Å²) < 4.78 is 6.18. The van der Waals surface area contributed by atoms with Gasteiger partial charge in [0.05, 0.1) is 5.00 Å². The van der Waals surface area contributed by atoms with Gasteiger partial charge in [-0.3, -0.25) is 24.1 Å². The van der Waals surface area contributed by atoms with Crippen LogP contribution in [-0.4, -0.2) is 58.5 Å². The summed E-state index contributed by atoms with van der Waals surface area (Å²) in [6, 6.07) is 21.8. The number of nitrogens with zero attached hydrogens (tertiary/aromatic N) is 3. The number of thioether (sulfide) groups is 1. The molecule has 3 aromatic rings. The average Bonchev–Trinajstić information content (AvgIpc) is 3.49. The van der Waals surface area contributed by atoms with Gasteiger partial charge in [-0.15, -0.1) is 23.1 Å². The summed E-state index contributed by atoms with van der Waals surface area (Å²) in [4.78, 5) is 54.7. The summed E-state index contributed by atoms with van der Waals surface area (Å²) in [7, 11) is 0. The zero-order chi connectivity index (χ0) is 28.3. The Balaban J connectivity index is 1.43. The zero-order valence-electron chi connectivity index (χ0n) is 21.9. The zero-order valence-corrected chi connectivity index (χ0v) is 23.6. The van der Waals surface area contributed by atoms with Crippen LogP contribution in [0.1, 0.15) is 31.1 Å². The predicted octanol–water partition coefficient (Wildman–Crippen LogP) is 3.83. The van der Waals surface area contributed by atoms with E-state index in [1.165, 1.54) is 48.1 Å². The van der Waals surface area contributed by atoms with Crippen LogP contribution in [0.5, 0.6) is 0 Å². The molecule has 11 heteroatoms. The number of hydrazone groups is 1. The molecule has 2 aromatic carbocycles. The van der Waals surface area contributed by atoms with Crippen molar-refractivity contribution in [1.82, 2.24) is 10.3 Å². The van der Waals surface area contributed by atoms with Crippen molar-refractivity contribution in [2.24, 2.45) is 10.5 Å². The Morgan fingerprint density at radius 2 is 1.70 bits per heavy atom. The maximum Gasteiger partial charge on any atom is 0.321 e. The van der Waals surface area contributed by atoms with Gasteiger partial charge < -0.3 is 9.64 Å². The lowest BCUT2D eigenvalue weighted by Crippen LogP contribution is -2.74. The third-order valence-corrected chi connectivity index (χ3v) is 9.21. The Morgan fingerprint density at radius 3 is 2.25 bits per heavy atom. The first kappa shape index (κ1) is 27.6. The minimum Gasteiger partial charge on any atom is -0.452 e. The molecule has 2 saturated heterocycles. The van der Waals surface area contributed by atoms with E-state index in [4.69, 9.17) is 4.74 Å². The van der Waals surface area contributed by atoms with Crippen molar-refractivity contribution in [2.45, 2.75) is 31.4 Å². The molecule has 2 aliphatic heterocycles. The molecule has 2 fully saturated rings. The van der Waals surface area contributed by atoms with E-state index in [0.29, 0.717) is 5.00 Å². The highest BCUT2D eigenvalue weighted by Crippen LogP contribution is 2.46. The number of thiophene rings is 1. The highest BCUT2D eigenvalue weighted by Gasteiger charge is 2.60. The number of fused-ring (bicyclic) bond motifs is 1. The molecule has 0 aliphatic carbocycles. The molecule has 3 amide bonds. The molecular formula is C29H28N4O5S2. The monoisotopic (exact) mass is 576 g/mol. The number of nitrogens with one attached hydrogen (secondary N) is 1. The van der Waals surface area contributed by atoms with Gasteiger partial charge in [0.1, 0.15) is 16.8 Å². The molecule has 9 nitrogen and oxygen atoms in total. The van der Waals surface area contributed by atoms with Gasteiger partial charge in [-0.2, -0.15) is 5.10 Å². The summed E-state index contributed by atoms with van der Waals surface area (Å²) in [6.07, 6.45) is 0.686. The molecule has 3 atom stereocenters. The van der Waals surface area contributed by atoms with Gasteiger partial charge in [0, 0.05) is 32.4 Å². The SMILES string of the molecule is CC(=O)NN=CC1(C(=O)OC(c2ccccc2)c2ccccc2)CS[C@@H]2C(N(C(C)=O)c3cccs3)C(=O)N2C1. The van der Waals surface area contributed by atoms with Crippen molar-refractivity contribution >= 4 is 58.0 Å². The molecule has 0 radical (unpaired) electrons. The van der Waals surface area contributed by atoms with E-state index in [0.717, 1.165) is 11.1 Å². The summed E-state index contributed by atoms with van der Waals surface area (Å²) in [5.41, 5.74) is 2.63. The van der Waals surface area contributed by atoms with Crippen LogP contribution in [0.15, 0.2) is 83.3 Å². The molecule has 3 heterocycles. The number of ether oxygens (including phenoxy) is 1. The lowest BCUT2D eigenvalue weighted by Gasteiger charge is -2.55. The summed E-state index contributed by atoms with van der Waals surface area (Å²) in [5, 5.41) is 6.26. The molecule has 40 heavy (non-hydrogen) atoms. The fraction of sp³-hybridized carbons (Fsp3) is 0.276. The first-order valence-electron chi connectivity index (χ1n) is 12.7. The highest BCUT2D eigenvalue weighted by molar-refractivity contribution is 8.00. The molecule has 2 aliphatic rings. The van der Waals surface area contributed by atoms with Crippen molar-refractivity contribution in [1.29, 1.82) is 0 Å². The molecular weight excluding hydrogens is 548 g/mol. The van der Waals surface area contributed by atoms with Gasteiger partial charge in [-0.25, -0.2) is 5.43 Å². The van der Waals surface area contributed by atoms with Crippen molar-refractivity contribution in [3.8, 4) is 0 Å². The van der Waals surface area contributed by atoms with Crippen LogP contribution in [0.25, 0.3) is 0 Å². The third-order valence-electron chi connectivity index (χ3n) is 6.81. The van der Waals surface area contributed by atoms with Gasteiger partial charge >= 0.3 is 5.97 Å². The van der Waals surface area contributed by atoms with Crippen molar-refractivity contribution in [3.05, 3.63) is 89.3 Å². The molecule has 2 unspecified atom stereocenters. The largest absolute Gasteiger partial charge is 0.452 e. The number of hydrogen-bond donors (Lipinski definition) is 1. The van der Waals surface area contributed by atoms with Crippen LogP contribution in [-0.2, 0) is 23.9 Å². The minimum atomic E-state index is -1.32. The van der Waals surface area contributed by atoms with Crippen LogP contribution in [0, 0.1) is 5.41 Å². The number of amides is 3. The second kappa shape index (κ2) is 11.6. The van der Waals surface area contributed by atoms with E-state index in [1.54, 1.807) is 4.90 Å². The van der Waals surface area contributed by atoms with Gasteiger partial charge in [-0.05, 0) is 28.6 Å². The number of rotatable bonds is 8. The Kier molecular flexibility index (Phi) is 8.04. The molecule has 0 spiro atoms. The molecule has 0 bridgehead atoms. The first-order chi connectivity index (χ1) is 19.3. The maximum absolute atomic E-state index is 14.0. The minimum absolute atomic E-state index is 0.00834. The number of esters is 1. The van der Waals surface area contributed by atoms with E-state index in [9.17, 15) is 19.2 Å². The van der Waals surface area contributed by atoms with Gasteiger partial charge in [0.25, 0.3) is 0 Å². The number of anilines is 1. The second-order valence-corrected chi connectivity index (χ2v) is 11.7. The van der Waals surface area contributed by atoms with Crippen LogP contribution >= 0.6 is 23.1 Å². The lowest BCUT2D eigenvalue weighted by molar-refractivity contribution is -0.160.